The van der Waals surface area contributed by atoms with Gasteiger partial charge in [-0.1, -0.05) is 70.0 Å². The van der Waals surface area contributed by atoms with Crippen LogP contribution in [0.5, 0.6) is 5.75 Å². The molecule has 8 heteroatoms. The maximum absolute atomic E-state index is 13.8. The summed E-state index contributed by atoms with van der Waals surface area (Å²) in [5.41, 5.74) is 4.42. The molecular weight excluding hydrogens is 590 g/mol. The topological polar surface area (TPSA) is 74.8 Å². The fourth-order valence-corrected chi connectivity index (χ4v) is 5.59. The van der Waals surface area contributed by atoms with Crippen LogP contribution in [0, 0.1) is 0 Å². The number of ether oxygens (including phenoxy) is 1. The number of carbonyl (C=O) groups excluding carboxylic acids is 1. The Morgan fingerprint density at radius 3 is 2.40 bits per heavy atom. The first kappa shape index (κ1) is 26.0. The number of amides is 1. The molecule has 6 nitrogen and oxygen atoms in total. The van der Waals surface area contributed by atoms with Gasteiger partial charge in [0, 0.05) is 37.9 Å². The third-order valence-corrected chi connectivity index (χ3v) is 7.78. The first-order valence-corrected chi connectivity index (χ1v) is 13.8. The molecule has 1 atom stereocenters. The third kappa shape index (κ3) is 4.83. The van der Waals surface area contributed by atoms with E-state index in [0.717, 1.165) is 32.1 Å². The van der Waals surface area contributed by atoms with Crippen molar-refractivity contribution in [2.24, 2.45) is 5.10 Å². The number of aromatic nitrogens is 1. The van der Waals surface area contributed by atoms with Crippen LogP contribution in [0.4, 0.5) is 0 Å². The lowest BCUT2D eigenvalue weighted by atomic mass is 9.91. The minimum absolute atomic E-state index is 0.262. The monoisotopic (exact) mass is 611 g/mol. The summed E-state index contributed by atoms with van der Waals surface area (Å²) < 4.78 is 6.23. The van der Waals surface area contributed by atoms with Gasteiger partial charge in [-0.15, -0.1) is 0 Å². The summed E-state index contributed by atoms with van der Waals surface area (Å²) in [5, 5.41) is 7.72. The van der Waals surface area contributed by atoms with Gasteiger partial charge in [0.1, 0.15) is 5.75 Å². The molecule has 6 rings (SSSR count). The lowest BCUT2D eigenvalue weighted by Crippen LogP contribution is -2.27. The molecule has 0 radical (unpaired) electrons. The zero-order chi connectivity index (χ0) is 27.8. The highest BCUT2D eigenvalue weighted by atomic mass is 79.9. The minimum atomic E-state index is -0.426. The van der Waals surface area contributed by atoms with Crippen molar-refractivity contribution in [3.8, 4) is 16.9 Å². The molecule has 2 heterocycles. The van der Waals surface area contributed by atoms with Crippen LogP contribution in [0.2, 0.25) is 5.02 Å². The number of nitrogens with one attached hydrogen (secondary N) is 1. The quantitative estimate of drug-likeness (QED) is 0.222. The van der Waals surface area contributed by atoms with Crippen LogP contribution >= 0.6 is 27.5 Å². The van der Waals surface area contributed by atoms with Crippen molar-refractivity contribution in [2.45, 2.75) is 12.5 Å². The lowest BCUT2D eigenvalue weighted by molar-refractivity contribution is 0.0711. The van der Waals surface area contributed by atoms with Gasteiger partial charge < -0.3 is 9.72 Å². The molecule has 40 heavy (non-hydrogen) atoms. The predicted molar refractivity (Wildman–Crippen MR) is 162 cm³/mol. The smallest absolute Gasteiger partial charge is 0.274 e. The standard InChI is InChI=1S/C32H23BrClN3O3/c1-40-24-14-9-19(10-15-24)28-18-27(36-37(28)32(39)21-7-12-23(34)13-8-21)30-29(20-5-3-2-4-6-20)25-17-22(33)11-16-26(25)35-31(30)38/h2-17,28H,18H2,1H3,(H,35,38). The van der Waals surface area contributed by atoms with Crippen molar-refractivity contribution in [2.75, 3.05) is 7.11 Å². The number of carbonyl (C=O) groups is 1. The molecule has 4 aromatic carbocycles. The molecule has 1 amide bonds. The van der Waals surface area contributed by atoms with Gasteiger partial charge in [-0.3, -0.25) is 9.59 Å². The average molecular weight is 613 g/mol. The molecule has 5 aromatic rings. The number of benzene rings is 4. The van der Waals surface area contributed by atoms with E-state index >= 15 is 0 Å². The molecule has 0 saturated heterocycles. The third-order valence-electron chi connectivity index (χ3n) is 7.04. The van der Waals surface area contributed by atoms with E-state index in [1.165, 1.54) is 5.01 Å². The van der Waals surface area contributed by atoms with E-state index in [0.29, 0.717) is 34.0 Å². The molecule has 1 unspecified atom stereocenters. The summed E-state index contributed by atoms with van der Waals surface area (Å²) in [5.74, 6) is 0.426. The summed E-state index contributed by atoms with van der Waals surface area (Å²) in [7, 11) is 1.61. The Labute approximate surface area is 244 Å². The van der Waals surface area contributed by atoms with E-state index < -0.39 is 6.04 Å². The van der Waals surface area contributed by atoms with Crippen LogP contribution in [-0.2, 0) is 0 Å². The maximum Gasteiger partial charge on any atom is 0.274 e. The number of hydrogen-bond donors (Lipinski definition) is 1. The number of H-pyrrole nitrogens is 1. The fraction of sp³-hybridized carbons (Fsp3) is 0.0938. The number of hydrazone groups is 1. The van der Waals surface area contributed by atoms with Crippen LogP contribution in [0.3, 0.4) is 0 Å². The maximum atomic E-state index is 13.8. The van der Waals surface area contributed by atoms with Crippen LogP contribution in [0.15, 0.2) is 111 Å². The van der Waals surface area contributed by atoms with Gasteiger partial charge in [0.25, 0.3) is 11.5 Å². The zero-order valence-corrected chi connectivity index (χ0v) is 23.7. The van der Waals surface area contributed by atoms with Crippen LogP contribution in [0.25, 0.3) is 22.0 Å². The van der Waals surface area contributed by atoms with E-state index in [2.05, 4.69) is 20.9 Å². The van der Waals surface area contributed by atoms with E-state index in [1.807, 2.05) is 72.8 Å². The van der Waals surface area contributed by atoms with Crippen molar-refractivity contribution >= 4 is 50.1 Å². The second kappa shape index (κ2) is 10.8. The molecule has 1 aromatic heterocycles. The second-order valence-electron chi connectivity index (χ2n) is 9.46. The summed E-state index contributed by atoms with van der Waals surface area (Å²) in [6.07, 6.45) is 0.355. The number of halogens is 2. The normalized spacial score (nSPS) is 14.8. The summed E-state index contributed by atoms with van der Waals surface area (Å²) >= 11 is 9.66. The number of fused-ring (bicyclic) bond motifs is 1. The molecule has 1 aliphatic heterocycles. The SMILES string of the molecule is COc1ccc(C2CC(c3c(-c4ccccc4)c4cc(Br)ccc4[nH]c3=O)=NN2C(=O)c2ccc(Cl)cc2)cc1. The Kier molecular flexibility index (Phi) is 7.00. The number of hydrogen-bond acceptors (Lipinski definition) is 4. The number of aromatic amines is 1. The Balaban J connectivity index is 1.55. The largest absolute Gasteiger partial charge is 0.497 e. The second-order valence-corrected chi connectivity index (χ2v) is 10.8. The minimum Gasteiger partial charge on any atom is -0.497 e. The van der Waals surface area contributed by atoms with Crippen molar-refractivity contribution in [3.05, 3.63) is 134 Å². The lowest BCUT2D eigenvalue weighted by Gasteiger charge is -2.22. The average Bonchev–Trinajstić information content (AvgIpc) is 3.42. The van der Waals surface area contributed by atoms with E-state index in [4.69, 9.17) is 21.4 Å². The first-order valence-electron chi connectivity index (χ1n) is 12.6. The Morgan fingerprint density at radius 2 is 1.70 bits per heavy atom. The molecule has 0 spiro atoms. The fourth-order valence-electron chi connectivity index (χ4n) is 5.10. The molecule has 0 aliphatic carbocycles. The molecule has 1 N–H and O–H groups in total. The van der Waals surface area contributed by atoms with E-state index in [9.17, 15) is 9.59 Å². The number of nitrogens with zero attached hydrogens (tertiary/aromatic N) is 2. The molecule has 0 fully saturated rings. The Morgan fingerprint density at radius 1 is 0.975 bits per heavy atom. The summed E-state index contributed by atoms with van der Waals surface area (Å²) in [6, 6.07) is 29.4. The van der Waals surface area contributed by atoms with Crippen molar-refractivity contribution in [1.82, 2.24) is 9.99 Å². The molecule has 1 aliphatic rings. The Hall–Kier alpha value is -4.20. The first-order chi connectivity index (χ1) is 19.4. The molecule has 0 saturated carbocycles. The van der Waals surface area contributed by atoms with Gasteiger partial charge in [0.05, 0.1) is 24.4 Å². The van der Waals surface area contributed by atoms with Gasteiger partial charge in [0.2, 0.25) is 0 Å². The van der Waals surface area contributed by atoms with E-state index in [1.54, 1.807) is 31.4 Å². The highest BCUT2D eigenvalue weighted by Crippen LogP contribution is 2.38. The van der Waals surface area contributed by atoms with Crippen LogP contribution < -0.4 is 10.3 Å². The molecule has 0 bridgehead atoms. The zero-order valence-electron chi connectivity index (χ0n) is 21.4. The van der Waals surface area contributed by atoms with Gasteiger partial charge in [0.15, 0.2) is 0 Å². The molecular formula is C32H23BrClN3O3. The van der Waals surface area contributed by atoms with Gasteiger partial charge in [-0.05, 0) is 65.7 Å². The van der Waals surface area contributed by atoms with Gasteiger partial charge in [-0.2, -0.15) is 5.10 Å². The predicted octanol–water partition coefficient (Wildman–Crippen LogP) is 7.61. The Bertz CT molecular complexity index is 1820. The van der Waals surface area contributed by atoms with Crippen molar-refractivity contribution in [1.29, 1.82) is 0 Å². The van der Waals surface area contributed by atoms with Crippen LogP contribution in [0.1, 0.15) is 33.9 Å². The summed E-state index contributed by atoms with van der Waals surface area (Å²) in [6.45, 7) is 0. The number of pyridine rings is 1. The van der Waals surface area contributed by atoms with Crippen LogP contribution in [-0.4, -0.2) is 28.7 Å². The molecule has 198 valence electrons. The van der Waals surface area contributed by atoms with Crippen molar-refractivity contribution in [3.63, 3.8) is 0 Å². The number of rotatable bonds is 5. The highest BCUT2D eigenvalue weighted by Gasteiger charge is 2.36. The summed E-state index contributed by atoms with van der Waals surface area (Å²) in [4.78, 5) is 30.6. The van der Waals surface area contributed by atoms with E-state index in [-0.39, 0.29) is 11.5 Å². The highest BCUT2D eigenvalue weighted by molar-refractivity contribution is 9.10. The van der Waals surface area contributed by atoms with Gasteiger partial charge in [-0.25, -0.2) is 5.01 Å². The number of methoxy groups -OCH3 is 1. The van der Waals surface area contributed by atoms with Crippen molar-refractivity contribution < 1.29 is 9.53 Å². The van der Waals surface area contributed by atoms with Gasteiger partial charge >= 0.3 is 0 Å².